The number of hydrogen-bond acceptors (Lipinski definition) is 3. The number of halogens is 2. The molecule has 100 valence electrons. The molecule has 3 nitrogen and oxygen atoms in total. The van der Waals surface area contributed by atoms with Crippen molar-refractivity contribution in [1.82, 2.24) is 0 Å². The van der Waals surface area contributed by atoms with Gasteiger partial charge in [0.1, 0.15) is 30.5 Å². The smallest absolute Gasteiger partial charge is 0.145 e. The molecule has 0 saturated carbocycles. The van der Waals surface area contributed by atoms with Crippen molar-refractivity contribution in [1.29, 1.82) is 0 Å². The van der Waals surface area contributed by atoms with Crippen LogP contribution >= 0.6 is 22.6 Å². The van der Waals surface area contributed by atoms with Crippen molar-refractivity contribution in [2.75, 3.05) is 18.9 Å². The van der Waals surface area contributed by atoms with E-state index in [2.05, 4.69) is 0 Å². The number of nitrogen functional groups attached to an aromatic ring is 1. The van der Waals surface area contributed by atoms with Gasteiger partial charge in [-0.25, -0.2) is 4.39 Å². The molecular weight excluding hydrogens is 360 g/mol. The van der Waals surface area contributed by atoms with E-state index in [4.69, 9.17) is 15.2 Å². The Morgan fingerprint density at radius 2 is 1.74 bits per heavy atom. The molecule has 2 N–H and O–H groups in total. The molecule has 0 fully saturated rings. The number of ether oxygens (including phenoxy) is 2. The third kappa shape index (κ3) is 3.99. The van der Waals surface area contributed by atoms with Gasteiger partial charge in [-0.15, -0.1) is 0 Å². The number of nitrogens with two attached hydrogens (primary N) is 1. The molecule has 2 aromatic rings. The number of hydrogen-bond donors (Lipinski definition) is 1. The minimum atomic E-state index is -0.339. The second kappa shape index (κ2) is 6.60. The molecule has 0 bridgehead atoms. The van der Waals surface area contributed by atoms with Gasteiger partial charge in [-0.1, -0.05) is 18.2 Å². The molecule has 0 aliphatic rings. The second-order valence-electron chi connectivity index (χ2n) is 3.81. The second-order valence-corrected chi connectivity index (χ2v) is 4.98. The zero-order valence-corrected chi connectivity index (χ0v) is 12.3. The zero-order chi connectivity index (χ0) is 13.7. The third-order valence-electron chi connectivity index (χ3n) is 2.41. The van der Waals surface area contributed by atoms with Gasteiger partial charge in [0.15, 0.2) is 0 Å². The van der Waals surface area contributed by atoms with Crippen molar-refractivity contribution in [3.05, 3.63) is 51.9 Å². The fourth-order valence-corrected chi connectivity index (χ4v) is 1.99. The number of rotatable bonds is 5. The van der Waals surface area contributed by atoms with Crippen LogP contribution in [0.15, 0.2) is 42.5 Å². The highest BCUT2D eigenvalue weighted by Crippen LogP contribution is 2.26. The predicted octanol–water partition coefficient (Wildman–Crippen LogP) is 3.47. The minimum absolute atomic E-state index is 0.305. The molecular formula is C14H13FINO2. The van der Waals surface area contributed by atoms with Gasteiger partial charge in [0.2, 0.25) is 0 Å². The van der Waals surface area contributed by atoms with E-state index in [0.29, 0.717) is 28.2 Å². The van der Waals surface area contributed by atoms with Crippen LogP contribution in [0.2, 0.25) is 0 Å². The van der Waals surface area contributed by atoms with E-state index < -0.39 is 0 Å². The molecule has 2 aromatic carbocycles. The van der Waals surface area contributed by atoms with Gasteiger partial charge in [0, 0.05) is 6.07 Å². The van der Waals surface area contributed by atoms with E-state index >= 15 is 0 Å². The highest BCUT2D eigenvalue weighted by molar-refractivity contribution is 14.1. The first-order chi connectivity index (χ1) is 9.16. The zero-order valence-electron chi connectivity index (χ0n) is 10.1. The van der Waals surface area contributed by atoms with Gasteiger partial charge in [0.05, 0.1) is 9.26 Å². The van der Waals surface area contributed by atoms with E-state index in [9.17, 15) is 4.39 Å². The molecule has 0 saturated heterocycles. The summed E-state index contributed by atoms with van der Waals surface area (Å²) in [4.78, 5) is 0. The lowest BCUT2D eigenvalue weighted by atomic mass is 10.3. The van der Waals surface area contributed by atoms with E-state index in [0.717, 1.165) is 5.75 Å². The van der Waals surface area contributed by atoms with Crippen molar-refractivity contribution < 1.29 is 13.9 Å². The number of para-hydroxylation sites is 1. The topological polar surface area (TPSA) is 44.5 Å². The summed E-state index contributed by atoms with van der Waals surface area (Å²) in [5, 5.41) is 0. The summed E-state index contributed by atoms with van der Waals surface area (Å²) >= 11 is 1.88. The Morgan fingerprint density at radius 1 is 1.05 bits per heavy atom. The van der Waals surface area contributed by atoms with Crippen molar-refractivity contribution in [3.8, 4) is 11.5 Å². The van der Waals surface area contributed by atoms with Gasteiger partial charge in [0.25, 0.3) is 0 Å². The summed E-state index contributed by atoms with van der Waals surface area (Å²) in [6, 6.07) is 12.3. The molecule has 0 aromatic heterocycles. The van der Waals surface area contributed by atoms with Crippen LogP contribution in [0.25, 0.3) is 0 Å². The largest absolute Gasteiger partial charge is 0.490 e. The summed E-state index contributed by atoms with van der Waals surface area (Å²) in [5.41, 5.74) is 6.17. The summed E-state index contributed by atoms with van der Waals surface area (Å²) in [7, 11) is 0. The van der Waals surface area contributed by atoms with Gasteiger partial charge in [-0.3, -0.25) is 0 Å². The van der Waals surface area contributed by atoms with Crippen molar-refractivity contribution in [2.24, 2.45) is 0 Å². The average Bonchev–Trinajstić information content (AvgIpc) is 2.41. The first-order valence-electron chi connectivity index (χ1n) is 5.72. The number of benzene rings is 2. The van der Waals surface area contributed by atoms with Crippen LogP contribution in [0.5, 0.6) is 11.5 Å². The van der Waals surface area contributed by atoms with E-state index in [1.807, 2.05) is 52.9 Å². The van der Waals surface area contributed by atoms with Crippen molar-refractivity contribution >= 4 is 28.3 Å². The normalized spacial score (nSPS) is 10.2. The van der Waals surface area contributed by atoms with Crippen LogP contribution in [-0.2, 0) is 0 Å². The lowest BCUT2D eigenvalue weighted by Gasteiger charge is -2.10. The highest BCUT2D eigenvalue weighted by atomic mass is 127. The van der Waals surface area contributed by atoms with Crippen molar-refractivity contribution in [2.45, 2.75) is 0 Å². The van der Waals surface area contributed by atoms with Crippen LogP contribution in [0.1, 0.15) is 0 Å². The van der Waals surface area contributed by atoms with Gasteiger partial charge >= 0.3 is 0 Å². The molecule has 5 heteroatoms. The van der Waals surface area contributed by atoms with E-state index in [-0.39, 0.29) is 5.82 Å². The van der Waals surface area contributed by atoms with Gasteiger partial charge < -0.3 is 15.2 Å². The molecule has 0 aliphatic carbocycles. The maximum atomic E-state index is 13.4. The lowest BCUT2D eigenvalue weighted by Crippen LogP contribution is -2.10. The third-order valence-corrected chi connectivity index (χ3v) is 3.23. The summed E-state index contributed by atoms with van der Waals surface area (Å²) in [6.45, 7) is 0.677. The average molecular weight is 373 g/mol. The summed E-state index contributed by atoms with van der Waals surface area (Å²) in [5.74, 6) is 0.774. The van der Waals surface area contributed by atoms with Crippen LogP contribution in [-0.4, -0.2) is 13.2 Å². The van der Waals surface area contributed by atoms with Gasteiger partial charge in [-0.05, 0) is 40.8 Å². The minimum Gasteiger partial charge on any atom is -0.490 e. The molecule has 0 atom stereocenters. The predicted molar refractivity (Wildman–Crippen MR) is 81.0 cm³/mol. The Hall–Kier alpha value is -1.50. The number of anilines is 1. The monoisotopic (exact) mass is 373 g/mol. The Morgan fingerprint density at radius 3 is 2.47 bits per heavy atom. The molecule has 0 unspecified atom stereocenters. The summed E-state index contributed by atoms with van der Waals surface area (Å²) < 4.78 is 24.7. The molecule has 0 aliphatic heterocycles. The highest BCUT2D eigenvalue weighted by Gasteiger charge is 2.06. The lowest BCUT2D eigenvalue weighted by molar-refractivity contribution is 0.217. The Bertz CT molecular complexity index is 549. The standard InChI is InChI=1S/C14H13FINO2/c15-11-8-14(13(17)9-12(11)16)19-7-6-18-10-4-2-1-3-5-10/h1-5,8-9H,6-7,17H2. The fraction of sp³-hybridized carbons (Fsp3) is 0.143. The molecule has 0 radical (unpaired) electrons. The van der Waals surface area contributed by atoms with Gasteiger partial charge in [-0.2, -0.15) is 0 Å². The molecule has 2 rings (SSSR count). The molecule has 0 amide bonds. The molecule has 0 heterocycles. The Kier molecular flexibility index (Phi) is 4.84. The van der Waals surface area contributed by atoms with E-state index in [1.54, 1.807) is 6.07 Å². The Labute approximate surface area is 124 Å². The van der Waals surface area contributed by atoms with E-state index in [1.165, 1.54) is 6.07 Å². The Balaban J connectivity index is 1.85. The fourth-order valence-electron chi connectivity index (χ4n) is 1.50. The first kappa shape index (κ1) is 13.9. The maximum Gasteiger partial charge on any atom is 0.145 e. The SMILES string of the molecule is Nc1cc(I)c(F)cc1OCCOc1ccccc1. The van der Waals surface area contributed by atoms with Crippen LogP contribution in [0.3, 0.4) is 0 Å². The molecule has 19 heavy (non-hydrogen) atoms. The van der Waals surface area contributed by atoms with Crippen LogP contribution < -0.4 is 15.2 Å². The van der Waals surface area contributed by atoms with Crippen LogP contribution in [0, 0.1) is 9.39 Å². The summed E-state index contributed by atoms with van der Waals surface area (Å²) in [6.07, 6.45) is 0. The maximum absolute atomic E-state index is 13.4. The van der Waals surface area contributed by atoms with Crippen molar-refractivity contribution in [3.63, 3.8) is 0 Å². The quantitative estimate of drug-likeness (QED) is 0.496. The molecule has 0 spiro atoms. The first-order valence-corrected chi connectivity index (χ1v) is 6.80. The van der Waals surface area contributed by atoms with Crippen LogP contribution in [0.4, 0.5) is 10.1 Å².